The first kappa shape index (κ1) is 18.4. The summed E-state index contributed by atoms with van der Waals surface area (Å²) in [5.74, 6) is 1.87. The van der Waals surface area contributed by atoms with Crippen LogP contribution in [-0.4, -0.2) is 43.3 Å². The highest BCUT2D eigenvalue weighted by molar-refractivity contribution is 6.30. The molecule has 3 N–H and O–H groups in total. The summed E-state index contributed by atoms with van der Waals surface area (Å²) in [6.07, 6.45) is 1.85. The average molecular weight is 399 g/mol. The molecule has 1 unspecified atom stereocenters. The fourth-order valence-corrected chi connectivity index (χ4v) is 3.54. The van der Waals surface area contributed by atoms with Gasteiger partial charge in [0.15, 0.2) is 0 Å². The molecule has 4 rings (SSSR count). The maximum Gasteiger partial charge on any atom is 0.222 e. The number of anilines is 2. The first-order valence-corrected chi connectivity index (χ1v) is 9.64. The van der Waals surface area contributed by atoms with Gasteiger partial charge in [0, 0.05) is 29.5 Å². The Kier molecular flexibility index (Phi) is 5.25. The van der Waals surface area contributed by atoms with E-state index in [9.17, 15) is 0 Å². The predicted octanol–water partition coefficient (Wildman–Crippen LogP) is 3.33. The first-order chi connectivity index (χ1) is 13.6. The Balaban J connectivity index is 1.70. The van der Waals surface area contributed by atoms with Crippen molar-refractivity contribution in [2.75, 3.05) is 30.4 Å². The summed E-state index contributed by atoms with van der Waals surface area (Å²) in [7, 11) is 1.66. The molecule has 0 bridgehead atoms. The monoisotopic (exact) mass is 398 g/mol. The van der Waals surface area contributed by atoms with E-state index in [-0.39, 0.29) is 5.96 Å². The van der Waals surface area contributed by atoms with Crippen molar-refractivity contribution in [3.05, 3.63) is 53.6 Å². The third kappa shape index (κ3) is 3.84. The van der Waals surface area contributed by atoms with Crippen LogP contribution in [0, 0.1) is 0 Å². The molecule has 2 aliphatic heterocycles. The minimum Gasteiger partial charge on any atom is -0.497 e. The average Bonchev–Trinajstić information content (AvgIpc) is 3.24. The number of aliphatic imine (C=N–C) groups is 2. The lowest BCUT2D eigenvalue weighted by atomic mass is 10.2. The number of halogens is 1. The van der Waals surface area contributed by atoms with E-state index in [4.69, 9.17) is 22.1 Å². The summed E-state index contributed by atoms with van der Waals surface area (Å²) in [5.41, 5.74) is 7.92. The van der Waals surface area contributed by atoms with Crippen molar-refractivity contribution in [1.82, 2.24) is 4.90 Å². The Labute approximate surface area is 169 Å². The van der Waals surface area contributed by atoms with E-state index in [2.05, 4.69) is 25.1 Å². The lowest BCUT2D eigenvalue weighted by molar-refractivity contribution is 0.415. The summed E-state index contributed by atoms with van der Waals surface area (Å²) >= 11 is 6.02. The van der Waals surface area contributed by atoms with Gasteiger partial charge >= 0.3 is 0 Å². The fraction of sp³-hybridized carbons (Fsp3) is 0.300. The van der Waals surface area contributed by atoms with Crippen molar-refractivity contribution < 1.29 is 4.74 Å². The Morgan fingerprint density at radius 1 is 1.07 bits per heavy atom. The number of ether oxygens (including phenoxy) is 1. The fourth-order valence-electron chi connectivity index (χ4n) is 3.41. The van der Waals surface area contributed by atoms with Crippen LogP contribution in [0.3, 0.4) is 0 Å². The summed E-state index contributed by atoms with van der Waals surface area (Å²) in [6.45, 7) is 1.90. The second kappa shape index (κ2) is 7.98. The van der Waals surface area contributed by atoms with Crippen molar-refractivity contribution in [3.63, 3.8) is 0 Å². The Morgan fingerprint density at radius 3 is 2.39 bits per heavy atom. The standard InChI is InChI=1S/C20H23ClN6O/c1-28-17-10-8-16(9-11-17)27-19(23-15-6-4-14(21)5-7-15)24-18(22)25-20(27)26-12-2-3-13-26/h4-11,19,23H,2-3,12-13H2,1H3,(H2,22,24). The maximum absolute atomic E-state index is 6.07. The smallest absolute Gasteiger partial charge is 0.222 e. The largest absolute Gasteiger partial charge is 0.497 e. The van der Waals surface area contributed by atoms with Gasteiger partial charge in [0.1, 0.15) is 5.75 Å². The molecule has 1 atom stereocenters. The van der Waals surface area contributed by atoms with E-state index in [1.807, 2.05) is 48.5 Å². The van der Waals surface area contributed by atoms with E-state index in [1.54, 1.807) is 7.11 Å². The zero-order valence-corrected chi connectivity index (χ0v) is 16.4. The summed E-state index contributed by atoms with van der Waals surface area (Å²) in [6, 6.07) is 15.4. The number of benzene rings is 2. The molecular weight excluding hydrogens is 376 g/mol. The summed E-state index contributed by atoms with van der Waals surface area (Å²) in [4.78, 5) is 13.4. The number of methoxy groups -OCH3 is 1. The second-order valence-electron chi connectivity index (χ2n) is 6.69. The molecule has 1 fully saturated rings. The maximum atomic E-state index is 6.07. The number of likely N-dealkylation sites (tertiary alicyclic amines) is 1. The summed E-state index contributed by atoms with van der Waals surface area (Å²) < 4.78 is 5.30. The van der Waals surface area contributed by atoms with Gasteiger partial charge in [-0.1, -0.05) is 11.6 Å². The van der Waals surface area contributed by atoms with Crippen LogP contribution < -0.4 is 20.7 Å². The van der Waals surface area contributed by atoms with Gasteiger partial charge < -0.3 is 20.7 Å². The predicted molar refractivity (Wildman–Crippen MR) is 114 cm³/mol. The molecule has 28 heavy (non-hydrogen) atoms. The molecule has 0 aliphatic carbocycles. The van der Waals surface area contributed by atoms with Gasteiger partial charge in [-0.2, -0.15) is 4.99 Å². The Hall–Kier alpha value is -2.93. The van der Waals surface area contributed by atoms with Crippen molar-refractivity contribution in [3.8, 4) is 5.75 Å². The number of hydrogen-bond donors (Lipinski definition) is 2. The van der Waals surface area contributed by atoms with Gasteiger partial charge in [0.25, 0.3) is 0 Å². The molecule has 0 amide bonds. The van der Waals surface area contributed by atoms with Crippen LogP contribution in [0.15, 0.2) is 58.5 Å². The minimum absolute atomic E-state index is 0.262. The normalized spacial score (nSPS) is 19.3. The van der Waals surface area contributed by atoms with Gasteiger partial charge in [-0.15, -0.1) is 0 Å². The highest BCUT2D eigenvalue weighted by Crippen LogP contribution is 2.27. The zero-order valence-electron chi connectivity index (χ0n) is 15.7. The molecular formula is C20H23ClN6O. The van der Waals surface area contributed by atoms with E-state index < -0.39 is 6.29 Å². The van der Waals surface area contributed by atoms with Gasteiger partial charge in [-0.3, -0.25) is 4.90 Å². The SMILES string of the molecule is COc1ccc(N2C(N3CCCC3)=NC(N)=NC2Nc2ccc(Cl)cc2)cc1. The van der Waals surface area contributed by atoms with Crippen LogP contribution in [0.2, 0.25) is 5.02 Å². The van der Waals surface area contributed by atoms with Crippen molar-refractivity contribution in [2.45, 2.75) is 19.1 Å². The molecule has 2 aliphatic rings. The lowest BCUT2D eigenvalue weighted by Crippen LogP contribution is -2.54. The molecule has 0 saturated carbocycles. The first-order valence-electron chi connectivity index (χ1n) is 9.26. The topological polar surface area (TPSA) is 78.5 Å². The van der Waals surface area contributed by atoms with E-state index in [0.29, 0.717) is 5.02 Å². The zero-order chi connectivity index (χ0) is 19.5. The number of hydrogen-bond acceptors (Lipinski definition) is 7. The van der Waals surface area contributed by atoms with Crippen LogP contribution >= 0.6 is 11.6 Å². The molecule has 0 aromatic heterocycles. The number of rotatable bonds is 4. The molecule has 8 heteroatoms. The minimum atomic E-state index is -0.428. The highest BCUT2D eigenvalue weighted by atomic mass is 35.5. The lowest BCUT2D eigenvalue weighted by Gasteiger charge is -2.38. The van der Waals surface area contributed by atoms with Crippen LogP contribution in [0.4, 0.5) is 11.4 Å². The quantitative estimate of drug-likeness (QED) is 0.825. The molecule has 146 valence electrons. The molecule has 0 spiro atoms. The van der Waals surface area contributed by atoms with Crippen LogP contribution in [0.25, 0.3) is 0 Å². The van der Waals surface area contributed by atoms with E-state index >= 15 is 0 Å². The second-order valence-corrected chi connectivity index (χ2v) is 7.12. The molecule has 0 radical (unpaired) electrons. The van der Waals surface area contributed by atoms with Gasteiger partial charge in [-0.05, 0) is 61.4 Å². The van der Waals surface area contributed by atoms with Crippen LogP contribution in [-0.2, 0) is 0 Å². The summed E-state index contributed by atoms with van der Waals surface area (Å²) in [5, 5.41) is 4.11. The molecule has 2 heterocycles. The van der Waals surface area contributed by atoms with Gasteiger partial charge in [-0.25, -0.2) is 4.99 Å². The molecule has 2 aromatic rings. The van der Waals surface area contributed by atoms with E-state index in [1.165, 1.54) is 0 Å². The number of guanidine groups is 2. The molecule has 1 saturated heterocycles. The molecule has 2 aromatic carbocycles. The molecule has 7 nitrogen and oxygen atoms in total. The van der Waals surface area contributed by atoms with Gasteiger partial charge in [0.05, 0.1) is 7.11 Å². The van der Waals surface area contributed by atoms with Crippen molar-refractivity contribution >= 4 is 34.9 Å². The number of nitrogens with zero attached hydrogens (tertiary/aromatic N) is 4. The Morgan fingerprint density at radius 2 is 1.75 bits per heavy atom. The Bertz CT molecular complexity index is 875. The highest BCUT2D eigenvalue weighted by Gasteiger charge is 2.32. The van der Waals surface area contributed by atoms with Gasteiger partial charge in [0.2, 0.25) is 18.2 Å². The van der Waals surface area contributed by atoms with E-state index in [0.717, 1.165) is 49.0 Å². The van der Waals surface area contributed by atoms with Crippen LogP contribution in [0.1, 0.15) is 12.8 Å². The van der Waals surface area contributed by atoms with Crippen molar-refractivity contribution in [1.29, 1.82) is 0 Å². The van der Waals surface area contributed by atoms with Crippen LogP contribution in [0.5, 0.6) is 5.75 Å². The van der Waals surface area contributed by atoms with Crippen molar-refractivity contribution in [2.24, 2.45) is 15.7 Å². The third-order valence-electron chi connectivity index (χ3n) is 4.81. The number of nitrogens with one attached hydrogen (secondary N) is 1. The number of nitrogens with two attached hydrogens (primary N) is 1. The third-order valence-corrected chi connectivity index (χ3v) is 5.06.